The fourth-order valence-corrected chi connectivity index (χ4v) is 3.23. The summed E-state index contributed by atoms with van der Waals surface area (Å²) in [5.74, 6) is -0.361. The summed E-state index contributed by atoms with van der Waals surface area (Å²) >= 11 is 0. The lowest BCUT2D eigenvalue weighted by molar-refractivity contribution is 0.102. The van der Waals surface area contributed by atoms with Crippen molar-refractivity contribution in [2.75, 3.05) is 10.6 Å². The molecule has 4 aromatic rings. The van der Waals surface area contributed by atoms with Crippen LogP contribution in [0.2, 0.25) is 0 Å². The standard InChI is InChI=1S/C28H22N2O3/c31-24-18-14-21(15-19-24)11-10-20-12-16-23(17-13-20)29-28(33)25-8-4-5-9-26(25)30-27(32)22-6-2-1-3-7-22/h1-19,31H,(H,29,33)(H,30,32)/b11-10+. The number of carbonyl (C=O) groups excluding carboxylic acids is 2. The molecule has 5 nitrogen and oxygen atoms in total. The molecular weight excluding hydrogens is 412 g/mol. The van der Waals surface area contributed by atoms with Gasteiger partial charge in [-0.15, -0.1) is 0 Å². The number of rotatable bonds is 6. The van der Waals surface area contributed by atoms with Crippen LogP contribution in [0.4, 0.5) is 11.4 Å². The van der Waals surface area contributed by atoms with E-state index in [0.29, 0.717) is 22.5 Å². The first-order valence-electron chi connectivity index (χ1n) is 10.4. The minimum Gasteiger partial charge on any atom is -0.508 e. The summed E-state index contributed by atoms with van der Waals surface area (Å²) in [5.41, 5.74) is 3.92. The molecule has 0 heterocycles. The summed E-state index contributed by atoms with van der Waals surface area (Å²) in [5, 5.41) is 15.1. The molecule has 3 N–H and O–H groups in total. The molecule has 0 atom stereocenters. The summed E-state index contributed by atoms with van der Waals surface area (Å²) in [7, 11) is 0. The highest BCUT2D eigenvalue weighted by Gasteiger charge is 2.14. The number of amides is 2. The molecule has 2 amide bonds. The SMILES string of the molecule is O=C(Nc1ccccc1C(=O)Nc1ccc(/C=C/c2ccc(O)cc2)cc1)c1ccccc1. The lowest BCUT2D eigenvalue weighted by Gasteiger charge is -2.12. The zero-order valence-electron chi connectivity index (χ0n) is 17.7. The fraction of sp³-hybridized carbons (Fsp3) is 0. The number of hydrogen-bond acceptors (Lipinski definition) is 3. The number of carbonyl (C=O) groups is 2. The Hall–Kier alpha value is -4.64. The van der Waals surface area contributed by atoms with Gasteiger partial charge in [-0.25, -0.2) is 0 Å². The molecule has 0 saturated heterocycles. The molecule has 0 aliphatic heterocycles. The molecule has 0 aliphatic rings. The van der Waals surface area contributed by atoms with Gasteiger partial charge in [-0.05, 0) is 59.7 Å². The normalized spacial score (nSPS) is 10.7. The van der Waals surface area contributed by atoms with E-state index in [9.17, 15) is 14.7 Å². The quantitative estimate of drug-likeness (QED) is 0.322. The van der Waals surface area contributed by atoms with Crippen molar-refractivity contribution in [2.45, 2.75) is 0 Å². The molecule has 0 aliphatic carbocycles. The van der Waals surface area contributed by atoms with E-state index < -0.39 is 0 Å². The number of para-hydroxylation sites is 1. The Balaban J connectivity index is 1.43. The van der Waals surface area contributed by atoms with Crippen LogP contribution in [0.25, 0.3) is 12.2 Å². The van der Waals surface area contributed by atoms with Gasteiger partial charge < -0.3 is 15.7 Å². The molecular formula is C28H22N2O3. The molecule has 0 radical (unpaired) electrons. The van der Waals surface area contributed by atoms with Crippen molar-refractivity contribution in [3.8, 4) is 5.75 Å². The summed E-state index contributed by atoms with van der Waals surface area (Å²) < 4.78 is 0. The molecule has 0 aromatic heterocycles. The van der Waals surface area contributed by atoms with Crippen LogP contribution in [0.5, 0.6) is 5.75 Å². The van der Waals surface area contributed by atoms with Crippen LogP contribution < -0.4 is 10.6 Å². The average molecular weight is 434 g/mol. The Labute approximate surface area is 192 Å². The highest BCUT2D eigenvalue weighted by atomic mass is 16.3. The van der Waals surface area contributed by atoms with Gasteiger partial charge in [0.05, 0.1) is 11.3 Å². The van der Waals surface area contributed by atoms with Gasteiger partial charge in [0.15, 0.2) is 0 Å². The molecule has 0 unspecified atom stereocenters. The van der Waals surface area contributed by atoms with E-state index in [-0.39, 0.29) is 17.6 Å². The maximum atomic E-state index is 12.9. The minimum absolute atomic E-state index is 0.230. The maximum absolute atomic E-state index is 12.9. The number of aromatic hydroxyl groups is 1. The molecule has 0 saturated carbocycles. The van der Waals surface area contributed by atoms with Gasteiger partial charge in [-0.1, -0.05) is 66.7 Å². The van der Waals surface area contributed by atoms with Gasteiger partial charge in [0.1, 0.15) is 5.75 Å². The third-order valence-electron chi connectivity index (χ3n) is 4.99. The summed E-state index contributed by atoms with van der Waals surface area (Å²) in [6, 6.07) is 30.1. The van der Waals surface area contributed by atoms with Crippen LogP contribution in [0, 0.1) is 0 Å². The lowest BCUT2D eigenvalue weighted by Crippen LogP contribution is -2.18. The zero-order valence-corrected chi connectivity index (χ0v) is 17.7. The number of hydrogen-bond donors (Lipinski definition) is 3. The van der Waals surface area contributed by atoms with Crippen LogP contribution in [0.1, 0.15) is 31.8 Å². The van der Waals surface area contributed by atoms with Gasteiger partial charge >= 0.3 is 0 Å². The first-order chi connectivity index (χ1) is 16.1. The van der Waals surface area contributed by atoms with E-state index in [2.05, 4.69) is 10.6 Å². The Morgan fingerprint density at radius 3 is 1.85 bits per heavy atom. The third-order valence-corrected chi connectivity index (χ3v) is 4.99. The third kappa shape index (κ3) is 5.74. The van der Waals surface area contributed by atoms with E-state index in [1.165, 1.54) is 0 Å². The second-order valence-electron chi connectivity index (χ2n) is 7.37. The van der Waals surface area contributed by atoms with Gasteiger partial charge in [0.2, 0.25) is 0 Å². The van der Waals surface area contributed by atoms with E-state index in [0.717, 1.165) is 11.1 Å². The Morgan fingerprint density at radius 1 is 0.606 bits per heavy atom. The highest BCUT2D eigenvalue weighted by Crippen LogP contribution is 2.20. The van der Waals surface area contributed by atoms with Crippen molar-refractivity contribution >= 4 is 35.3 Å². The lowest BCUT2D eigenvalue weighted by atomic mass is 10.1. The molecule has 33 heavy (non-hydrogen) atoms. The van der Waals surface area contributed by atoms with Crippen molar-refractivity contribution in [2.24, 2.45) is 0 Å². The summed E-state index contributed by atoms with van der Waals surface area (Å²) in [6.45, 7) is 0. The van der Waals surface area contributed by atoms with Crippen LogP contribution in [0.15, 0.2) is 103 Å². The van der Waals surface area contributed by atoms with Crippen LogP contribution in [-0.2, 0) is 0 Å². The number of benzene rings is 4. The zero-order chi connectivity index (χ0) is 23.0. The number of phenolic OH excluding ortho intramolecular Hbond substituents is 1. The first kappa shape index (κ1) is 21.6. The van der Waals surface area contributed by atoms with Crippen molar-refractivity contribution in [3.63, 3.8) is 0 Å². The average Bonchev–Trinajstić information content (AvgIpc) is 2.85. The van der Waals surface area contributed by atoms with Crippen molar-refractivity contribution in [1.82, 2.24) is 0 Å². The highest BCUT2D eigenvalue weighted by molar-refractivity contribution is 6.12. The van der Waals surface area contributed by atoms with Gasteiger partial charge in [0, 0.05) is 11.3 Å². The van der Waals surface area contributed by atoms with Crippen molar-refractivity contribution in [1.29, 1.82) is 0 Å². The van der Waals surface area contributed by atoms with Crippen molar-refractivity contribution in [3.05, 3.63) is 125 Å². The predicted octanol–water partition coefficient (Wildman–Crippen LogP) is 6.07. The van der Waals surface area contributed by atoms with E-state index in [4.69, 9.17) is 0 Å². The van der Waals surface area contributed by atoms with Gasteiger partial charge in [-0.2, -0.15) is 0 Å². The Kier molecular flexibility index (Phi) is 6.61. The molecule has 4 rings (SSSR count). The van der Waals surface area contributed by atoms with Crippen LogP contribution in [-0.4, -0.2) is 16.9 Å². The van der Waals surface area contributed by atoms with Crippen molar-refractivity contribution < 1.29 is 14.7 Å². The van der Waals surface area contributed by atoms with Crippen LogP contribution in [0.3, 0.4) is 0 Å². The summed E-state index contributed by atoms with van der Waals surface area (Å²) in [6.07, 6.45) is 3.89. The second-order valence-corrected chi connectivity index (χ2v) is 7.37. The molecule has 4 aromatic carbocycles. The molecule has 5 heteroatoms. The second kappa shape index (κ2) is 10.1. The molecule has 0 fully saturated rings. The molecule has 0 bridgehead atoms. The Bertz CT molecular complexity index is 1280. The van der Waals surface area contributed by atoms with E-state index >= 15 is 0 Å². The largest absolute Gasteiger partial charge is 0.508 e. The fourth-order valence-electron chi connectivity index (χ4n) is 3.23. The molecule has 162 valence electrons. The topological polar surface area (TPSA) is 78.4 Å². The monoisotopic (exact) mass is 434 g/mol. The number of nitrogens with one attached hydrogen (secondary N) is 2. The Morgan fingerprint density at radius 2 is 1.18 bits per heavy atom. The predicted molar refractivity (Wildman–Crippen MR) is 132 cm³/mol. The van der Waals surface area contributed by atoms with E-state index in [1.54, 1.807) is 60.7 Å². The van der Waals surface area contributed by atoms with E-state index in [1.807, 2.05) is 54.6 Å². The summed E-state index contributed by atoms with van der Waals surface area (Å²) in [4.78, 5) is 25.4. The smallest absolute Gasteiger partial charge is 0.257 e. The minimum atomic E-state index is -0.314. The number of anilines is 2. The molecule has 0 spiro atoms. The van der Waals surface area contributed by atoms with Gasteiger partial charge in [0.25, 0.3) is 11.8 Å². The van der Waals surface area contributed by atoms with Crippen LogP contribution >= 0.6 is 0 Å². The maximum Gasteiger partial charge on any atom is 0.257 e. The number of phenols is 1. The first-order valence-corrected chi connectivity index (χ1v) is 10.4. The van der Waals surface area contributed by atoms with Gasteiger partial charge in [-0.3, -0.25) is 9.59 Å².